The van der Waals surface area contributed by atoms with Gasteiger partial charge in [-0.15, -0.1) is 0 Å². The van der Waals surface area contributed by atoms with Crippen LogP contribution < -0.4 is 16.0 Å². The molecule has 1 saturated heterocycles. The highest BCUT2D eigenvalue weighted by atomic mass is 35.5. The second-order valence-corrected chi connectivity index (χ2v) is 5.97. The van der Waals surface area contributed by atoms with Crippen LogP contribution in [0, 0.1) is 0 Å². The van der Waals surface area contributed by atoms with E-state index >= 15 is 0 Å². The van der Waals surface area contributed by atoms with Gasteiger partial charge in [0.2, 0.25) is 5.91 Å². The van der Waals surface area contributed by atoms with Crippen molar-refractivity contribution in [1.29, 1.82) is 0 Å². The Morgan fingerprint density at radius 3 is 2.48 bits per heavy atom. The van der Waals surface area contributed by atoms with Crippen molar-refractivity contribution >= 4 is 29.2 Å². The molecule has 1 fully saturated rings. The fourth-order valence-corrected chi connectivity index (χ4v) is 2.93. The number of para-hydroxylation sites is 1. The van der Waals surface area contributed by atoms with Crippen LogP contribution in [0.5, 0.6) is 0 Å². The normalized spacial score (nSPS) is 14.7. The van der Waals surface area contributed by atoms with Crippen LogP contribution in [0.15, 0.2) is 24.3 Å². The average molecular weight is 339 g/mol. The first-order chi connectivity index (χ1) is 11.1. The van der Waals surface area contributed by atoms with Crippen molar-refractivity contribution in [1.82, 2.24) is 10.2 Å². The molecule has 0 aliphatic carbocycles. The molecule has 126 valence electrons. The Balaban J connectivity index is 1.70. The number of amides is 3. The number of piperazine rings is 1. The van der Waals surface area contributed by atoms with E-state index in [1.165, 1.54) is 0 Å². The molecule has 3 N–H and O–H groups in total. The summed E-state index contributed by atoms with van der Waals surface area (Å²) in [4.78, 5) is 26.8. The number of primary amides is 1. The number of nitrogens with zero attached hydrogens (tertiary/aromatic N) is 2. The SMILES string of the molecule is NC(=O)NCCCCC(=O)N1CCN(c2ccccc2Cl)CC1. The summed E-state index contributed by atoms with van der Waals surface area (Å²) < 4.78 is 0. The molecular formula is C16H23ClN4O2. The zero-order valence-electron chi connectivity index (χ0n) is 13.1. The summed E-state index contributed by atoms with van der Waals surface area (Å²) in [5.41, 5.74) is 6.01. The van der Waals surface area contributed by atoms with Gasteiger partial charge in [0.15, 0.2) is 0 Å². The quantitative estimate of drug-likeness (QED) is 0.777. The topological polar surface area (TPSA) is 78.7 Å². The molecule has 0 aromatic heterocycles. The number of benzene rings is 1. The molecule has 0 radical (unpaired) electrons. The fraction of sp³-hybridized carbons (Fsp3) is 0.500. The van der Waals surface area contributed by atoms with Crippen LogP contribution in [0.1, 0.15) is 19.3 Å². The van der Waals surface area contributed by atoms with E-state index in [0.717, 1.165) is 36.6 Å². The molecule has 0 spiro atoms. The number of urea groups is 1. The number of anilines is 1. The first-order valence-corrected chi connectivity index (χ1v) is 8.26. The Hall–Kier alpha value is -1.95. The minimum Gasteiger partial charge on any atom is -0.367 e. The van der Waals surface area contributed by atoms with Gasteiger partial charge in [-0.1, -0.05) is 23.7 Å². The molecule has 1 aromatic carbocycles. The van der Waals surface area contributed by atoms with Crippen molar-refractivity contribution in [3.8, 4) is 0 Å². The second-order valence-electron chi connectivity index (χ2n) is 5.57. The molecule has 1 aliphatic heterocycles. The molecule has 7 heteroatoms. The van der Waals surface area contributed by atoms with E-state index in [4.69, 9.17) is 17.3 Å². The molecule has 1 heterocycles. The lowest BCUT2D eigenvalue weighted by Gasteiger charge is -2.36. The zero-order chi connectivity index (χ0) is 16.7. The van der Waals surface area contributed by atoms with Gasteiger partial charge in [0.05, 0.1) is 10.7 Å². The van der Waals surface area contributed by atoms with Crippen molar-refractivity contribution in [3.05, 3.63) is 29.3 Å². The van der Waals surface area contributed by atoms with Gasteiger partial charge in [0.1, 0.15) is 0 Å². The highest BCUT2D eigenvalue weighted by Gasteiger charge is 2.21. The van der Waals surface area contributed by atoms with Crippen molar-refractivity contribution in [2.75, 3.05) is 37.6 Å². The Bertz CT molecular complexity index is 545. The molecule has 0 atom stereocenters. The maximum absolute atomic E-state index is 12.2. The lowest BCUT2D eigenvalue weighted by molar-refractivity contribution is -0.131. The average Bonchev–Trinajstić information content (AvgIpc) is 2.55. The number of halogens is 1. The van der Waals surface area contributed by atoms with Crippen LogP contribution in [-0.2, 0) is 4.79 Å². The van der Waals surface area contributed by atoms with Crippen LogP contribution >= 0.6 is 11.6 Å². The number of hydrogen-bond acceptors (Lipinski definition) is 3. The number of rotatable bonds is 6. The Morgan fingerprint density at radius 1 is 1.13 bits per heavy atom. The molecule has 3 amide bonds. The van der Waals surface area contributed by atoms with E-state index < -0.39 is 6.03 Å². The predicted molar refractivity (Wildman–Crippen MR) is 91.7 cm³/mol. The van der Waals surface area contributed by atoms with Gasteiger partial charge in [0.25, 0.3) is 0 Å². The third kappa shape index (κ3) is 5.32. The molecular weight excluding hydrogens is 316 g/mol. The lowest BCUT2D eigenvalue weighted by atomic mass is 10.2. The predicted octanol–water partition coefficient (Wildman–Crippen LogP) is 1.83. The molecule has 0 bridgehead atoms. The van der Waals surface area contributed by atoms with Gasteiger partial charge in [0, 0.05) is 39.1 Å². The molecule has 0 saturated carbocycles. The van der Waals surface area contributed by atoms with Gasteiger partial charge < -0.3 is 20.9 Å². The largest absolute Gasteiger partial charge is 0.367 e. The molecule has 0 unspecified atom stereocenters. The van der Waals surface area contributed by atoms with Crippen molar-refractivity contribution in [2.24, 2.45) is 5.73 Å². The number of unbranched alkanes of at least 4 members (excludes halogenated alkanes) is 1. The summed E-state index contributed by atoms with van der Waals surface area (Å²) in [6.45, 7) is 3.52. The second kappa shape index (κ2) is 8.62. The van der Waals surface area contributed by atoms with E-state index in [-0.39, 0.29) is 5.91 Å². The van der Waals surface area contributed by atoms with E-state index in [2.05, 4.69) is 10.2 Å². The summed E-state index contributed by atoms with van der Waals surface area (Å²) >= 11 is 6.22. The first kappa shape index (κ1) is 17.4. The summed E-state index contributed by atoms with van der Waals surface area (Å²) in [5.74, 6) is 0.169. The van der Waals surface area contributed by atoms with Gasteiger partial charge in [-0.05, 0) is 25.0 Å². The standard InChI is InChI=1S/C16H23ClN4O2/c17-13-5-1-2-6-14(13)20-9-11-21(12-10-20)15(22)7-3-4-8-19-16(18)23/h1-2,5-6H,3-4,7-12H2,(H3,18,19,23). The number of nitrogens with two attached hydrogens (primary N) is 1. The van der Waals surface area contributed by atoms with E-state index in [9.17, 15) is 9.59 Å². The number of carbonyl (C=O) groups excluding carboxylic acids is 2. The minimum atomic E-state index is -0.521. The van der Waals surface area contributed by atoms with E-state index in [1.54, 1.807) is 0 Å². The van der Waals surface area contributed by atoms with Gasteiger partial charge in [-0.3, -0.25) is 4.79 Å². The maximum Gasteiger partial charge on any atom is 0.312 e. The third-order valence-corrected chi connectivity index (χ3v) is 4.26. The zero-order valence-corrected chi connectivity index (χ0v) is 13.9. The minimum absolute atomic E-state index is 0.169. The Kier molecular flexibility index (Phi) is 6.52. The van der Waals surface area contributed by atoms with E-state index in [1.807, 2.05) is 29.2 Å². The van der Waals surface area contributed by atoms with Gasteiger partial charge in [-0.2, -0.15) is 0 Å². The third-order valence-electron chi connectivity index (χ3n) is 3.94. The van der Waals surface area contributed by atoms with Crippen LogP contribution in [0.25, 0.3) is 0 Å². The smallest absolute Gasteiger partial charge is 0.312 e. The Labute approximate surface area is 141 Å². The van der Waals surface area contributed by atoms with Gasteiger partial charge >= 0.3 is 6.03 Å². The number of hydrogen-bond donors (Lipinski definition) is 2. The van der Waals surface area contributed by atoms with E-state index in [0.29, 0.717) is 26.1 Å². The molecule has 2 rings (SSSR count). The van der Waals surface area contributed by atoms with Crippen LogP contribution in [-0.4, -0.2) is 49.6 Å². The molecule has 1 aliphatic rings. The summed E-state index contributed by atoms with van der Waals surface area (Å²) in [6, 6.07) is 7.25. The Morgan fingerprint density at radius 2 is 1.83 bits per heavy atom. The lowest BCUT2D eigenvalue weighted by Crippen LogP contribution is -2.48. The molecule has 1 aromatic rings. The van der Waals surface area contributed by atoms with Crippen molar-refractivity contribution in [3.63, 3.8) is 0 Å². The summed E-state index contributed by atoms with van der Waals surface area (Å²) in [6.07, 6.45) is 2.02. The summed E-state index contributed by atoms with van der Waals surface area (Å²) in [7, 11) is 0. The highest BCUT2D eigenvalue weighted by molar-refractivity contribution is 6.33. The number of nitrogens with one attached hydrogen (secondary N) is 1. The highest BCUT2D eigenvalue weighted by Crippen LogP contribution is 2.26. The maximum atomic E-state index is 12.2. The molecule has 6 nitrogen and oxygen atoms in total. The van der Waals surface area contributed by atoms with Crippen molar-refractivity contribution < 1.29 is 9.59 Å². The number of carbonyl (C=O) groups is 2. The molecule has 23 heavy (non-hydrogen) atoms. The summed E-state index contributed by atoms with van der Waals surface area (Å²) in [5, 5.41) is 3.27. The monoisotopic (exact) mass is 338 g/mol. The van der Waals surface area contributed by atoms with Gasteiger partial charge in [-0.25, -0.2) is 4.79 Å². The van der Waals surface area contributed by atoms with Crippen LogP contribution in [0.3, 0.4) is 0 Å². The fourth-order valence-electron chi connectivity index (χ4n) is 2.68. The van der Waals surface area contributed by atoms with Crippen LogP contribution in [0.4, 0.5) is 10.5 Å². The van der Waals surface area contributed by atoms with Crippen LogP contribution in [0.2, 0.25) is 5.02 Å². The first-order valence-electron chi connectivity index (χ1n) is 7.88. The van der Waals surface area contributed by atoms with Crippen molar-refractivity contribution in [2.45, 2.75) is 19.3 Å².